The number of nitrogen functional groups attached to an aromatic ring is 1. The first-order valence-corrected chi connectivity index (χ1v) is 7.64. The number of nitrogens with two attached hydrogens (primary N) is 1. The molecule has 19 heavy (non-hydrogen) atoms. The second kappa shape index (κ2) is 6.39. The van der Waals surface area contributed by atoms with Crippen molar-refractivity contribution < 1.29 is 9.53 Å². The zero-order chi connectivity index (χ0) is 13.8. The molecule has 3 N–H and O–H groups in total. The summed E-state index contributed by atoms with van der Waals surface area (Å²) in [4.78, 5) is 12.6. The van der Waals surface area contributed by atoms with Crippen LogP contribution in [0.25, 0.3) is 0 Å². The van der Waals surface area contributed by atoms with Gasteiger partial charge in [-0.3, -0.25) is 4.79 Å². The number of ketones is 1. The van der Waals surface area contributed by atoms with Crippen LogP contribution in [0.15, 0.2) is 6.07 Å². The van der Waals surface area contributed by atoms with Crippen molar-refractivity contribution in [3.05, 3.63) is 10.9 Å². The maximum Gasteiger partial charge on any atom is 0.177 e. The number of thiophene rings is 1. The van der Waals surface area contributed by atoms with Gasteiger partial charge in [0.2, 0.25) is 0 Å². The summed E-state index contributed by atoms with van der Waals surface area (Å²) in [5, 5.41) is 4.20. The molecule has 0 atom stereocenters. The lowest BCUT2D eigenvalue weighted by Gasteiger charge is -2.04. The lowest BCUT2D eigenvalue weighted by Crippen LogP contribution is -2.09. The fraction of sp³-hybridized carbons (Fsp3) is 0.643. The third-order valence-corrected chi connectivity index (χ3v) is 4.23. The first kappa shape index (κ1) is 14.3. The van der Waals surface area contributed by atoms with E-state index >= 15 is 0 Å². The number of carbonyl (C=O) groups excluding carboxylic acids is 1. The van der Waals surface area contributed by atoms with Gasteiger partial charge in [0.05, 0.1) is 22.2 Å². The molecule has 0 saturated heterocycles. The molecule has 0 aliphatic heterocycles. The van der Waals surface area contributed by atoms with Gasteiger partial charge in [0, 0.05) is 19.1 Å². The van der Waals surface area contributed by atoms with Crippen LogP contribution < -0.4 is 11.1 Å². The molecule has 0 amide bonds. The van der Waals surface area contributed by atoms with Crippen molar-refractivity contribution in [3.63, 3.8) is 0 Å². The number of nitrogens with one attached hydrogen (secondary N) is 1. The molecule has 0 radical (unpaired) electrons. The van der Waals surface area contributed by atoms with Crippen LogP contribution in [0, 0.1) is 11.8 Å². The molecule has 1 fully saturated rings. The summed E-state index contributed by atoms with van der Waals surface area (Å²) in [5.74, 6) is 0.892. The summed E-state index contributed by atoms with van der Waals surface area (Å²) < 4.78 is 5.55. The van der Waals surface area contributed by atoms with E-state index in [1.54, 1.807) is 0 Å². The maximum absolute atomic E-state index is 11.9. The van der Waals surface area contributed by atoms with Gasteiger partial charge in [0.1, 0.15) is 0 Å². The van der Waals surface area contributed by atoms with E-state index in [2.05, 4.69) is 5.32 Å². The standard InChI is InChI=1S/C14H22N2O2S/c1-9(2)13(17)14-11(15)7-12(19-14)16-5-6-18-8-10-3-4-10/h7,9-10,16H,3-6,8,15H2,1-2H3. The average Bonchev–Trinajstić information content (AvgIpc) is 3.11. The van der Waals surface area contributed by atoms with Gasteiger partial charge in [-0.05, 0) is 24.8 Å². The number of hydrogen-bond acceptors (Lipinski definition) is 5. The Morgan fingerprint density at radius 2 is 2.32 bits per heavy atom. The Hall–Kier alpha value is -1.07. The molecular weight excluding hydrogens is 260 g/mol. The van der Waals surface area contributed by atoms with Crippen LogP contribution in [0.4, 0.5) is 10.7 Å². The fourth-order valence-electron chi connectivity index (χ4n) is 1.73. The minimum Gasteiger partial charge on any atom is -0.397 e. The number of anilines is 2. The highest BCUT2D eigenvalue weighted by Crippen LogP contribution is 2.31. The summed E-state index contributed by atoms with van der Waals surface area (Å²) in [5.41, 5.74) is 6.45. The Balaban J connectivity index is 1.76. The Bertz CT molecular complexity index is 439. The monoisotopic (exact) mass is 282 g/mol. The molecule has 4 nitrogen and oxygen atoms in total. The molecule has 1 aromatic heterocycles. The van der Waals surface area contributed by atoms with Crippen molar-refractivity contribution >= 4 is 27.8 Å². The zero-order valence-electron chi connectivity index (χ0n) is 11.6. The molecule has 0 aromatic carbocycles. The first-order chi connectivity index (χ1) is 9.08. The molecule has 1 aliphatic rings. The second-order valence-corrected chi connectivity index (χ2v) is 6.41. The van der Waals surface area contributed by atoms with Crippen LogP contribution in [-0.2, 0) is 4.74 Å². The molecule has 1 aliphatic carbocycles. The smallest absolute Gasteiger partial charge is 0.177 e. The van der Waals surface area contributed by atoms with Crippen LogP contribution in [0.5, 0.6) is 0 Å². The number of ether oxygens (including phenoxy) is 1. The van der Waals surface area contributed by atoms with Crippen molar-refractivity contribution in [2.75, 3.05) is 30.8 Å². The van der Waals surface area contributed by atoms with Gasteiger partial charge >= 0.3 is 0 Å². The Morgan fingerprint density at radius 3 is 2.95 bits per heavy atom. The minimum absolute atomic E-state index is 0.0179. The van der Waals surface area contributed by atoms with E-state index in [1.165, 1.54) is 24.2 Å². The van der Waals surface area contributed by atoms with E-state index in [1.807, 2.05) is 19.9 Å². The topological polar surface area (TPSA) is 64.3 Å². The van der Waals surface area contributed by atoms with Crippen LogP contribution >= 0.6 is 11.3 Å². The highest BCUT2D eigenvalue weighted by atomic mass is 32.1. The quantitative estimate of drug-likeness (QED) is 0.568. The number of Topliss-reactive ketones (excluding diaryl/α,β-unsaturated/α-hetero) is 1. The van der Waals surface area contributed by atoms with E-state index in [9.17, 15) is 4.79 Å². The highest BCUT2D eigenvalue weighted by molar-refractivity contribution is 7.18. The Labute approximate surface area is 118 Å². The van der Waals surface area contributed by atoms with Crippen molar-refractivity contribution in [1.82, 2.24) is 0 Å². The maximum atomic E-state index is 11.9. The van der Waals surface area contributed by atoms with Crippen molar-refractivity contribution in [1.29, 1.82) is 0 Å². The van der Waals surface area contributed by atoms with E-state index in [4.69, 9.17) is 10.5 Å². The van der Waals surface area contributed by atoms with E-state index in [0.29, 0.717) is 17.2 Å². The van der Waals surface area contributed by atoms with Crippen molar-refractivity contribution in [2.24, 2.45) is 11.8 Å². The summed E-state index contributed by atoms with van der Waals surface area (Å²) >= 11 is 1.43. The van der Waals surface area contributed by atoms with E-state index < -0.39 is 0 Å². The minimum atomic E-state index is -0.0179. The van der Waals surface area contributed by atoms with Crippen LogP contribution in [0.3, 0.4) is 0 Å². The molecule has 0 unspecified atom stereocenters. The predicted octanol–water partition coefficient (Wildman–Crippen LogP) is 3.01. The molecule has 5 heteroatoms. The van der Waals surface area contributed by atoms with Crippen molar-refractivity contribution in [2.45, 2.75) is 26.7 Å². The number of carbonyl (C=O) groups is 1. The molecule has 2 rings (SSSR count). The van der Waals surface area contributed by atoms with Gasteiger partial charge in [-0.15, -0.1) is 11.3 Å². The molecule has 0 spiro atoms. The molecule has 1 aromatic rings. The van der Waals surface area contributed by atoms with Crippen molar-refractivity contribution in [3.8, 4) is 0 Å². The normalized spacial score (nSPS) is 14.9. The van der Waals surface area contributed by atoms with Crippen LogP contribution in [-0.4, -0.2) is 25.5 Å². The fourth-order valence-corrected chi connectivity index (χ4v) is 2.82. The van der Waals surface area contributed by atoms with Gasteiger partial charge in [0.25, 0.3) is 0 Å². The average molecular weight is 282 g/mol. The van der Waals surface area contributed by atoms with Gasteiger partial charge in [-0.1, -0.05) is 13.8 Å². The third kappa shape index (κ3) is 4.21. The number of hydrogen-bond donors (Lipinski definition) is 2. The number of rotatable bonds is 8. The van der Waals surface area contributed by atoms with Gasteiger partial charge < -0.3 is 15.8 Å². The lowest BCUT2D eigenvalue weighted by molar-refractivity contribution is 0.0944. The molecule has 1 saturated carbocycles. The van der Waals surface area contributed by atoms with Crippen LogP contribution in [0.2, 0.25) is 0 Å². The third-order valence-electron chi connectivity index (χ3n) is 3.11. The first-order valence-electron chi connectivity index (χ1n) is 6.83. The Kier molecular flexibility index (Phi) is 4.82. The highest BCUT2D eigenvalue weighted by Gasteiger charge is 2.21. The summed E-state index contributed by atoms with van der Waals surface area (Å²) in [6, 6.07) is 1.83. The Morgan fingerprint density at radius 1 is 1.58 bits per heavy atom. The van der Waals surface area contributed by atoms with Gasteiger partial charge in [0.15, 0.2) is 5.78 Å². The van der Waals surface area contributed by atoms with E-state index in [-0.39, 0.29) is 11.7 Å². The predicted molar refractivity (Wildman–Crippen MR) is 79.9 cm³/mol. The SMILES string of the molecule is CC(C)C(=O)c1sc(NCCOCC2CC2)cc1N. The van der Waals surface area contributed by atoms with Gasteiger partial charge in [-0.2, -0.15) is 0 Å². The summed E-state index contributed by atoms with van der Waals surface area (Å²) in [6.45, 7) is 6.11. The van der Waals surface area contributed by atoms with Gasteiger partial charge in [-0.25, -0.2) is 0 Å². The van der Waals surface area contributed by atoms with E-state index in [0.717, 1.165) is 24.1 Å². The van der Waals surface area contributed by atoms with Crippen LogP contribution in [0.1, 0.15) is 36.4 Å². The lowest BCUT2D eigenvalue weighted by atomic mass is 10.1. The molecule has 1 heterocycles. The summed E-state index contributed by atoms with van der Waals surface area (Å²) in [7, 11) is 0. The molecule has 0 bridgehead atoms. The second-order valence-electron chi connectivity index (χ2n) is 5.36. The largest absolute Gasteiger partial charge is 0.397 e. The summed E-state index contributed by atoms with van der Waals surface area (Å²) in [6.07, 6.45) is 2.63. The zero-order valence-corrected chi connectivity index (χ0v) is 12.4. The molecule has 106 valence electrons. The molecular formula is C14H22N2O2S.